The first-order valence-corrected chi connectivity index (χ1v) is 4.83. The van der Waals surface area contributed by atoms with Crippen LogP contribution in [0.25, 0.3) is 0 Å². The van der Waals surface area contributed by atoms with E-state index in [2.05, 4.69) is 6.58 Å². The van der Waals surface area contributed by atoms with Gasteiger partial charge < -0.3 is 5.73 Å². The van der Waals surface area contributed by atoms with Crippen molar-refractivity contribution in [2.45, 2.75) is 11.8 Å². The van der Waals surface area contributed by atoms with Gasteiger partial charge in [0.05, 0.1) is 0 Å². The third kappa shape index (κ3) is 2.05. The van der Waals surface area contributed by atoms with E-state index < -0.39 is 0 Å². The summed E-state index contributed by atoms with van der Waals surface area (Å²) >= 11 is 1.72. The molecule has 1 rings (SSSR count). The summed E-state index contributed by atoms with van der Waals surface area (Å²) in [6.07, 6.45) is 1.88. The number of nitrogens with two attached hydrogens (primary N) is 1. The van der Waals surface area contributed by atoms with E-state index in [9.17, 15) is 0 Å². The smallest absolute Gasteiger partial charge is 0.0482 e. The highest BCUT2D eigenvalue weighted by Crippen LogP contribution is 2.26. The number of hydrogen-bond acceptors (Lipinski definition) is 2. The normalized spacial score (nSPS) is 9.75. The molecule has 64 valence electrons. The molecule has 2 heteroatoms. The van der Waals surface area contributed by atoms with Gasteiger partial charge in [-0.05, 0) is 18.6 Å². The molecule has 0 heterocycles. The highest BCUT2D eigenvalue weighted by atomic mass is 32.2. The van der Waals surface area contributed by atoms with Crippen molar-refractivity contribution in [3.8, 4) is 0 Å². The van der Waals surface area contributed by atoms with Crippen LogP contribution < -0.4 is 5.73 Å². The zero-order chi connectivity index (χ0) is 8.97. The molecule has 1 nitrogen and oxygen atoms in total. The predicted octanol–water partition coefficient (Wildman–Crippen LogP) is 2.86. The summed E-state index contributed by atoms with van der Waals surface area (Å²) in [6, 6.07) is 6.08. The van der Waals surface area contributed by atoms with Gasteiger partial charge in [-0.3, -0.25) is 0 Å². The Balaban J connectivity index is 2.84. The SMILES string of the molecule is C=CCSc1cccc(C)c1N. The maximum atomic E-state index is 5.87. The molecule has 0 saturated heterocycles. The zero-order valence-electron chi connectivity index (χ0n) is 7.21. The van der Waals surface area contributed by atoms with E-state index >= 15 is 0 Å². The Labute approximate surface area is 77.7 Å². The Morgan fingerprint density at radius 2 is 2.33 bits per heavy atom. The van der Waals surface area contributed by atoms with Crippen LogP contribution in [0.3, 0.4) is 0 Å². The molecule has 0 spiro atoms. The van der Waals surface area contributed by atoms with Crippen molar-refractivity contribution in [2.24, 2.45) is 0 Å². The molecule has 0 bridgehead atoms. The Morgan fingerprint density at radius 3 is 3.00 bits per heavy atom. The molecule has 0 aliphatic carbocycles. The van der Waals surface area contributed by atoms with Gasteiger partial charge in [-0.25, -0.2) is 0 Å². The van der Waals surface area contributed by atoms with Crippen LogP contribution in [0.1, 0.15) is 5.56 Å². The lowest BCUT2D eigenvalue weighted by molar-refractivity contribution is 1.37. The molecule has 0 amide bonds. The Bertz CT molecular complexity index is 281. The van der Waals surface area contributed by atoms with E-state index in [1.54, 1.807) is 11.8 Å². The second-order valence-electron chi connectivity index (χ2n) is 2.59. The molecule has 1 aromatic carbocycles. The monoisotopic (exact) mass is 179 g/mol. The molecule has 0 atom stereocenters. The Hall–Kier alpha value is -0.890. The molecule has 0 radical (unpaired) electrons. The average molecular weight is 179 g/mol. The lowest BCUT2D eigenvalue weighted by atomic mass is 10.2. The summed E-state index contributed by atoms with van der Waals surface area (Å²) in [5, 5.41) is 0. The number of hydrogen-bond donors (Lipinski definition) is 1. The highest BCUT2D eigenvalue weighted by molar-refractivity contribution is 7.99. The fourth-order valence-corrected chi connectivity index (χ4v) is 1.72. The quantitative estimate of drug-likeness (QED) is 0.438. The largest absolute Gasteiger partial charge is 0.398 e. The van der Waals surface area contributed by atoms with Gasteiger partial charge in [0.15, 0.2) is 0 Å². The van der Waals surface area contributed by atoms with Gasteiger partial charge >= 0.3 is 0 Å². The molecule has 0 aliphatic rings. The van der Waals surface area contributed by atoms with Crippen LogP contribution in [0, 0.1) is 6.92 Å². The van der Waals surface area contributed by atoms with Crippen molar-refractivity contribution in [3.05, 3.63) is 36.4 Å². The van der Waals surface area contributed by atoms with Crippen molar-refractivity contribution in [3.63, 3.8) is 0 Å². The summed E-state index contributed by atoms with van der Waals surface area (Å²) < 4.78 is 0. The summed E-state index contributed by atoms with van der Waals surface area (Å²) in [7, 11) is 0. The minimum Gasteiger partial charge on any atom is -0.398 e. The average Bonchev–Trinajstić information content (AvgIpc) is 2.08. The second-order valence-corrected chi connectivity index (χ2v) is 3.65. The van der Waals surface area contributed by atoms with E-state index in [1.165, 1.54) is 0 Å². The Kier molecular flexibility index (Phi) is 3.23. The number of nitrogen functional groups attached to an aromatic ring is 1. The van der Waals surface area contributed by atoms with Gasteiger partial charge in [0.1, 0.15) is 0 Å². The number of aryl methyl sites for hydroxylation is 1. The third-order valence-electron chi connectivity index (χ3n) is 1.64. The van der Waals surface area contributed by atoms with Crippen LogP contribution in [-0.2, 0) is 0 Å². The van der Waals surface area contributed by atoms with Crippen molar-refractivity contribution in [2.75, 3.05) is 11.5 Å². The highest BCUT2D eigenvalue weighted by Gasteiger charge is 1.99. The number of thioether (sulfide) groups is 1. The summed E-state index contributed by atoms with van der Waals surface area (Å²) in [5.41, 5.74) is 7.90. The molecule has 0 saturated carbocycles. The lowest BCUT2D eigenvalue weighted by Gasteiger charge is -2.05. The van der Waals surface area contributed by atoms with E-state index in [0.717, 1.165) is 21.9 Å². The fourth-order valence-electron chi connectivity index (χ4n) is 0.928. The first-order valence-electron chi connectivity index (χ1n) is 3.84. The molecule has 1 aromatic rings. The fraction of sp³-hybridized carbons (Fsp3) is 0.200. The number of para-hydroxylation sites is 1. The number of anilines is 1. The van der Waals surface area contributed by atoms with Crippen LogP contribution in [0.2, 0.25) is 0 Å². The lowest BCUT2D eigenvalue weighted by Crippen LogP contribution is -1.91. The summed E-state index contributed by atoms with van der Waals surface area (Å²) in [5.74, 6) is 0.910. The van der Waals surface area contributed by atoms with Crippen molar-refractivity contribution in [1.29, 1.82) is 0 Å². The minimum absolute atomic E-state index is 0.893. The van der Waals surface area contributed by atoms with E-state index in [1.807, 2.05) is 31.2 Å². The van der Waals surface area contributed by atoms with Crippen LogP contribution >= 0.6 is 11.8 Å². The standard InChI is InChI=1S/C10H13NS/c1-3-7-12-9-6-4-5-8(2)10(9)11/h3-6H,1,7,11H2,2H3. The van der Waals surface area contributed by atoms with E-state index in [4.69, 9.17) is 5.73 Å². The second kappa shape index (κ2) is 4.21. The van der Waals surface area contributed by atoms with Crippen molar-refractivity contribution in [1.82, 2.24) is 0 Å². The summed E-state index contributed by atoms with van der Waals surface area (Å²) in [4.78, 5) is 1.15. The van der Waals surface area contributed by atoms with Crippen molar-refractivity contribution < 1.29 is 0 Å². The van der Waals surface area contributed by atoms with E-state index in [0.29, 0.717) is 0 Å². The van der Waals surface area contributed by atoms with Crippen molar-refractivity contribution >= 4 is 17.4 Å². The van der Waals surface area contributed by atoms with Crippen LogP contribution in [0.15, 0.2) is 35.7 Å². The topological polar surface area (TPSA) is 26.0 Å². The maximum absolute atomic E-state index is 5.87. The third-order valence-corrected chi connectivity index (χ3v) is 2.71. The van der Waals surface area contributed by atoms with Gasteiger partial charge in [0.2, 0.25) is 0 Å². The Morgan fingerprint density at radius 1 is 1.58 bits per heavy atom. The molecule has 0 aliphatic heterocycles. The molecule has 2 N–H and O–H groups in total. The van der Waals surface area contributed by atoms with Gasteiger partial charge in [-0.1, -0.05) is 18.2 Å². The van der Waals surface area contributed by atoms with Gasteiger partial charge in [-0.2, -0.15) is 0 Å². The van der Waals surface area contributed by atoms with Gasteiger partial charge in [-0.15, -0.1) is 18.3 Å². The molecule has 0 unspecified atom stereocenters. The molecular formula is C10H13NS. The number of benzene rings is 1. The molecule has 0 fully saturated rings. The molecule has 0 aromatic heterocycles. The van der Waals surface area contributed by atoms with Gasteiger partial charge in [0, 0.05) is 16.3 Å². The first kappa shape index (κ1) is 9.20. The van der Waals surface area contributed by atoms with Crippen LogP contribution in [0.4, 0.5) is 5.69 Å². The zero-order valence-corrected chi connectivity index (χ0v) is 8.03. The molecular weight excluding hydrogens is 166 g/mol. The first-order chi connectivity index (χ1) is 5.75. The predicted molar refractivity (Wildman–Crippen MR) is 56.5 cm³/mol. The number of rotatable bonds is 3. The summed E-state index contributed by atoms with van der Waals surface area (Å²) in [6.45, 7) is 5.69. The van der Waals surface area contributed by atoms with Crippen LogP contribution in [0.5, 0.6) is 0 Å². The van der Waals surface area contributed by atoms with Crippen LogP contribution in [-0.4, -0.2) is 5.75 Å². The molecule has 12 heavy (non-hydrogen) atoms. The maximum Gasteiger partial charge on any atom is 0.0482 e. The van der Waals surface area contributed by atoms with Gasteiger partial charge in [0.25, 0.3) is 0 Å². The minimum atomic E-state index is 0.893. The van der Waals surface area contributed by atoms with E-state index in [-0.39, 0.29) is 0 Å².